The summed E-state index contributed by atoms with van der Waals surface area (Å²) in [5.74, 6) is 0.382. The van der Waals surface area contributed by atoms with Crippen LogP contribution in [0.3, 0.4) is 0 Å². The molecular formula is C21H35ClO5. The predicted octanol–water partition coefficient (Wildman–Crippen LogP) is 6.24. The summed E-state index contributed by atoms with van der Waals surface area (Å²) in [6.07, 6.45) is 14.5. The first-order valence-electron chi connectivity index (χ1n) is 10.3. The molecule has 1 fully saturated rings. The van der Waals surface area contributed by atoms with Crippen LogP contribution >= 0.6 is 11.6 Å². The SMILES string of the molecule is CC(CCCC/C=C/C1CCC(Cl)[C@@H]1CCCCCCC(=O)O)OC(=O)O. The van der Waals surface area contributed by atoms with Crippen molar-refractivity contribution in [1.82, 2.24) is 0 Å². The minimum atomic E-state index is -1.20. The van der Waals surface area contributed by atoms with Gasteiger partial charge in [0.15, 0.2) is 0 Å². The fraction of sp³-hybridized carbons (Fsp3) is 0.810. The normalized spacial score (nSPS) is 23.6. The lowest BCUT2D eigenvalue weighted by molar-refractivity contribution is -0.137. The molecule has 1 aliphatic rings. The van der Waals surface area contributed by atoms with E-state index in [1.807, 2.05) is 0 Å². The third-order valence-corrected chi connectivity index (χ3v) is 5.93. The Morgan fingerprint density at radius 3 is 2.56 bits per heavy atom. The van der Waals surface area contributed by atoms with Crippen LogP contribution in [0.25, 0.3) is 0 Å². The molecule has 3 unspecified atom stereocenters. The number of carboxylic acid groups (broad SMARTS) is 2. The van der Waals surface area contributed by atoms with Crippen molar-refractivity contribution in [2.75, 3.05) is 0 Å². The van der Waals surface area contributed by atoms with Crippen molar-refractivity contribution in [2.24, 2.45) is 11.8 Å². The minimum absolute atomic E-state index is 0.238. The Morgan fingerprint density at radius 1 is 1.11 bits per heavy atom. The van der Waals surface area contributed by atoms with Gasteiger partial charge in [-0.15, -0.1) is 11.6 Å². The zero-order chi connectivity index (χ0) is 20.1. The summed E-state index contributed by atoms with van der Waals surface area (Å²) in [6, 6.07) is 0. The summed E-state index contributed by atoms with van der Waals surface area (Å²) in [6.45, 7) is 1.79. The van der Waals surface area contributed by atoms with Gasteiger partial charge in [0.2, 0.25) is 0 Å². The van der Waals surface area contributed by atoms with E-state index >= 15 is 0 Å². The van der Waals surface area contributed by atoms with Crippen LogP contribution in [-0.4, -0.2) is 33.8 Å². The summed E-state index contributed by atoms with van der Waals surface area (Å²) in [4.78, 5) is 20.9. The Kier molecular flexibility index (Phi) is 12.2. The smallest absolute Gasteiger partial charge is 0.481 e. The Bertz CT molecular complexity index is 465. The van der Waals surface area contributed by atoms with E-state index in [0.717, 1.165) is 70.6 Å². The maximum absolute atomic E-state index is 10.5. The summed E-state index contributed by atoms with van der Waals surface area (Å²) in [5.41, 5.74) is 0. The summed E-state index contributed by atoms with van der Waals surface area (Å²) < 4.78 is 4.69. The lowest BCUT2D eigenvalue weighted by atomic mass is 9.89. The number of rotatable bonds is 14. The molecule has 0 heterocycles. The van der Waals surface area contributed by atoms with Crippen molar-refractivity contribution in [3.05, 3.63) is 12.2 Å². The fourth-order valence-electron chi connectivity index (χ4n) is 3.89. The van der Waals surface area contributed by atoms with Gasteiger partial charge in [0, 0.05) is 11.8 Å². The van der Waals surface area contributed by atoms with E-state index in [1.54, 1.807) is 6.92 Å². The first-order valence-corrected chi connectivity index (χ1v) is 10.8. The van der Waals surface area contributed by atoms with Gasteiger partial charge in [0.25, 0.3) is 0 Å². The second-order valence-corrected chi connectivity index (χ2v) is 8.24. The number of halogens is 1. The van der Waals surface area contributed by atoms with Gasteiger partial charge >= 0.3 is 12.1 Å². The van der Waals surface area contributed by atoms with Crippen LogP contribution in [0.15, 0.2) is 12.2 Å². The number of carboxylic acids is 1. The number of allylic oxidation sites excluding steroid dienone is 2. The lowest BCUT2D eigenvalue weighted by Crippen LogP contribution is -2.13. The molecule has 1 saturated carbocycles. The van der Waals surface area contributed by atoms with Crippen LogP contribution in [0.4, 0.5) is 4.79 Å². The summed E-state index contributed by atoms with van der Waals surface area (Å²) in [5, 5.41) is 17.5. The number of hydrogen-bond acceptors (Lipinski definition) is 3. The third-order valence-electron chi connectivity index (χ3n) is 5.39. The van der Waals surface area contributed by atoms with Crippen LogP contribution in [-0.2, 0) is 9.53 Å². The number of ether oxygens (including phenoxy) is 1. The molecule has 156 valence electrons. The number of unbranched alkanes of at least 4 members (excludes halogenated alkanes) is 5. The van der Waals surface area contributed by atoms with Gasteiger partial charge < -0.3 is 14.9 Å². The molecule has 2 N–H and O–H groups in total. The standard InChI is InChI=1S/C21H35ClO5/c1-16(27-21(25)26)10-6-2-3-7-11-17-14-15-19(22)18(17)12-8-4-5-9-13-20(23)24/h7,11,16-19H,2-6,8-10,12-15H2,1H3,(H,23,24)(H,25,26)/b11-7+/t16?,17?,18-,19?/m1/s1. The number of hydrogen-bond donors (Lipinski definition) is 2. The first-order chi connectivity index (χ1) is 12.9. The minimum Gasteiger partial charge on any atom is -0.481 e. The van der Waals surface area contributed by atoms with Crippen molar-refractivity contribution in [1.29, 1.82) is 0 Å². The molecule has 0 saturated heterocycles. The largest absolute Gasteiger partial charge is 0.506 e. The van der Waals surface area contributed by atoms with E-state index in [9.17, 15) is 9.59 Å². The van der Waals surface area contributed by atoms with Crippen LogP contribution in [0, 0.1) is 11.8 Å². The van der Waals surface area contributed by atoms with E-state index in [1.165, 1.54) is 0 Å². The van der Waals surface area contributed by atoms with Gasteiger partial charge in [-0.3, -0.25) is 4.79 Å². The van der Waals surface area contributed by atoms with Gasteiger partial charge in [0.05, 0.1) is 0 Å². The maximum Gasteiger partial charge on any atom is 0.506 e. The van der Waals surface area contributed by atoms with Gasteiger partial charge in [0.1, 0.15) is 6.10 Å². The van der Waals surface area contributed by atoms with Gasteiger partial charge in [-0.1, -0.05) is 31.4 Å². The second kappa shape index (κ2) is 13.9. The van der Waals surface area contributed by atoms with Crippen LogP contribution in [0.1, 0.15) is 84.0 Å². The number of aliphatic carboxylic acids is 1. The first kappa shape index (κ1) is 23.8. The Balaban J connectivity index is 2.17. The average Bonchev–Trinajstić information content (AvgIpc) is 2.93. The number of carbonyl (C=O) groups is 2. The van der Waals surface area contributed by atoms with Crippen molar-refractivity contribution in [3.8, 4) is 0 Å². The average molecular weight is 403 g/mol. The quantitative estimate of drug-likeness (QED) is 0.155. The summed E-state index contributed by atoms with van der Waals surface area (Å²) in [7, 11) is 0. The monoisotopic (exact) mass is 402 g/mol. The highest BCUT2D eigenvalue weighted by atomic mass is 35.5. The van der Waals surface area contributed by atoms with Gasteiger partial charge in [-0.2, -0.15) is 0 Å². The molecule has 0 bridgehead atoms. The highest BCUT2D eigenvalue weighted by Gasteiger charge is 2.32. The van der Waals surface area contributed by atoms with Gasteiger partial charge in [-0.25, -0.2) is 4.79 Å². The number of alkyl halides is 1. The molecular weight excluding hydrogens is 368 g/mol. The zero-order valence-electron chi connectivity index (χ0n) is 16.4. The molecule has 1 rings (SSSR count). The highest BCUT2D eigenvalue weighted by molar-refractivity contribution is 6.21. The molecule has 27 heavy (non-hydrogen) atoms. The molecule has 0 radical (unpaired) electrons. The second-order valence-electron chi connectivity index (χ2n) is 7.67. The zero-order valence-corrected chi connectivity index (χ0v) is 17.2. The molecule has 6 heteroatoms. The van der Waals surface area contributed by atoms with E-state index in [0.29, 0.717) is 11.8 Å². The lowest BCUT2D eigenvalue weighted by Gasteiger charge is -2.19. The Hall–Kier alpha value is -1.23. The van der Waals surface area contributed by atoms with Crippen molar-refractivity contribution < 1.29 is 24.5 Å². The summed E-state index contributed by atoms with van der Waals surface area (Å²) >= 11 is 6.52. The molecule has 0 aromatic carbocycles. The Labute approximate surface area is 168 Å². The Morgan fingerprint density at radius 2 is 1.85 bits per heavy atom. The van der Waals surface area contributed by atoms with Crippen molar-refractivity contribution in [3.63, 3.8) is 0 Å². The van der Waals surface area contributed by atoms with Crippen molar-refractivity contribution in [2.45, 2.75) is 95.5 Å². The van der Waals surface area contributed by atoms with Gasteiger partial charge in [-0.05, 0) is 70.1 Å². The van der Waals surface area contributed by atoms with E-state index in [2.05, 4.69) is 12.2 Å². The molecule has 5 nitrogen and oxygen atoms in total. The van der Waals surface area contributed by atoms with E-state index in [4.69, 9.17) is 26.6 Å². The topological polar surface area (TPSA) is 83.8 Å². The van der Waals surface area contributed by atoms with E-state index in [-0.39, 0.29) is 17.9 Å². The predicted molar refractivity (Wildman–Crippen MR) is 107 cm³/mol. The van der Waals surface area contributed by atoms with E-state index < -0.39 is 12.1 Å². The van der Waals surface area contributed by atoms with Crippen LogP contribution < -0.4 is 0 Å². The molecule has 0 amide bonds. The molecule has 0 aromatic heterocycles. The highest BCUT2D eigenvalue weighted by Crippen LogP contribution is 2.40. The third kappa shape index (κ3) is 11.3. The molecule has 0 aromatic rings. The van der Waals surface area contributed by atoms with Crippen molar-refractivity contribution >= 4 is 23.7 Å². The molecule has 0 aliphatic heterocycles. The maximum atomic E-state index is 10.5. The van der Waals surface area contributed by atoms with Crippen LogP contribution in [0.2, 0.25) is 0 Å². The molecule has 0 spiro atoms. The van der Waals surface area contributed by atoms with Crippen LogP contribution in [0.5, 0.6) is 0 Å². The fourth-order valence-corrected chi connectivity index (χ4v) is 4.33. The molecule has 4 atom stereocenters. The molecule has 1 aliphatic carbocycles.